The minimum atomic E-state index is -0.158. The summed E-state index contributed by atoms with van der Waals surface area (Å²) >= 11 is 9.38. The largest absolute Gasteiger partial charge is 0.373 e. The van der Waals surface area contributed by atoms with E-state index >= 15 is 0 Å². The number of nitrogens with one attached hydrogen (secondary N) is 1. The molecule has 0 spiro atoms. The zero-order valence-electron chi connectivity index (χ0n) is 11.6. The fourth-order valence-electron chi connectivity index (χ4n) is 1.92. The zero-order chi connectivity index (χ0) is 15.2. The van der Waals surface area contributed by atoms with E-state index in [1.165, 1.54) is 0 Å². The number of anilines is 1. The quantitative estimate of drug-likeness (QED) is 0.867. The van der Waals surface area contributed by atoms with Crippen molar-refractivity contribution in [3.05, 3.63) is 63.6 Å². The Kier molecular flexibility index (Phi) is 5.65. The Balaban J connectivity index is 1.87. The van der Waals surface area contributed by atoms with Gasteiger partial charge in [-0.3, -0.25) is 4.79 Å². The second kappa shape index (κ2) is 7.48. The molecule has 21 heavy (non-hydrogen) atoms. The first-order valence-electron chi connectivity index (χ1n) is 6.57. The maximum absolute atomic E-state index is 12.1. The standard InChI is InChI=1S/C16H16BrClN2O/c1-20(13-5-3-2-4-6-13)10-9-19-16(21)14-8-7-12(17)11-15(14)18/h2-8,11H,9-10H2,1H3,(H,19,21). The maximum atomic E-state index is 12.1. The summed E-state index contributed by atoms with van der Waals surface area (Å²) < 4.78 is 0.855. The monoisotopic (exact) mass is 366 g/mol. The van der Waals surface area contributed by atoms with Gasteiger partial charge in [-0.15, -0.1) is 0 Å². The molecule has 0 radical (unpaired) electrons. The number of carbonyl (C=O) groups is 1. The van der Waals surface area contributed by atoms with Crippen molar-refractivity contribution in [2.45, 2.75) is 0 Å². The van der Waals surface area contributed by atoms with Crippen molar-refractivity contribution >= 4 is 39.1 Å². The number of benzene rings is 2. The normalized spacial score (nSPS) is 10.2. The molecule has 110 valence electrons. The first kappa shape index (κ1) is 15.9. The van der Waals surface area contributed by atoms with Crippen LogP contribution in [0.15, 0.2) is 53.0 Å². The summed E-state index contributed by atoms with van der Waals surface area (Å²) in [6.45, 7) is 1.28. The lowest BCUT2D eigenvalue weighted by atomic mass is 10.2. The van der Waals surface area contributed by atoms with Gasteiger partial charge in [-0.25, -0.2) is 0 Å². The van der Waals surface area contributed by atoms with Crippen molar-refractivity contribution in [1.82, 2.24) is 5.32 Å². The van der Waals surface area contributed by atoms with Crippen LogP contribution >= 0.6 is 27.5 Å². The van der Waals surface area contributed by atoms with Gasteiger partial charge in [0.05, 0.1) is 10.6 Å². The number of amides is 1. The molecule has 1 N–H and O–H groups in total. The van der Waals surface area contributed by atoms with Gasteiger partial charge in [0.15, 0.2) is 0 Å². The minimum absolute atomic E-state index is 0.158. The number of para-hydroxylation sites is 1. The predicted octanol–water partition coefficient (Wildman–Crippen LogP) is 3.97. The summed E-state index contributed by atoms with van der Waals surface area (Å²) in [5.41, 5.74) is 1.61. The van der Waals surface area contributed by atoms with E-state index in [0.29, 0.717) is 17.1 Å². The maximum Gasteiger partial charge on any atom is 0.252 e. The number of carbonyl (C=O) groups excluding carboxylic acids is 1. The van der Waals surface area contributed by atoms with Crippen LogP contribution in [0, 0.1) is 0 Å². The highest BCUT2D eigenvalue weighted by Gasteiger charge is 2.10. The minimum Gasteiger partial charge on any atom is -0.373 e. The summed E-state index contributed by atoms with van der Waals surface area (Å²) in [6.07, 6.45) is 0. The van der Waals surface area contributed by atoms with E-state index in [-0.39, 0.29) is 5.91 Å². The lowest BCUT2D eigenvalue weighted by Gasteiger charge is -2.19. The van der Waals surface area contributed by atoms with Crippen molar-refractivity contribution in [3.8, 4) is 0 Å². The molecule has 0 saturated heterocycles. The molecular formula is C16H16BrClN2O. The van der Waals surface area contributed by atoms with E-state index in [2.05, 4.69) is 26.1 Å². The third-order valence-electron chi connectivity index (χ3n) is 3.11. The summed E-state index contributed by atoms with van der Waals surface area (Å²) in [6, 6.07) is 15.3. The Morgan fingerprint density at radius 1 is 1.24 bits per heavy atom. The van der Waals surface area contributed by atoms with Crippen LogP contribution in [0.3, 0.4) is 0 Å². The third-order valence-corrected chi connectivity index (χ3v) is 3.91. The molecule has 0 aromatic heterocycles. The molecule has 0 aliphatic heterocycles. The van der Waals surface area contributed by atoms with E-state index < -0.39 is 0 Å². The molecule has 0 fully saturated rings. The molecule has 0 saturated carbocycles. The molecule has 2 rings (SSSR count). The van der Waals surface area contributed by atoms with Crippen LogP contribution in [0.4, 0.5) is 5.69 Å². The average molecular weight is 368 g/mol. The molecule has 0 bridgehead atoms. The van der Waals surface area contributed by atoms with Gasteiger partial charge in [0.1, 0.15) is 0 Å². The topological polar surface area (TPSA) is 32.3 Å². The molecule has 3 nitrogen and oxygen atoms in total. The fraction of sp³-hybridized carbons (Fsp3) is 0.188. The van der Waals surface area contributed by atoms with Crippen molar-refractivity contribution in [2.24, 2.45) is 0 Å². The van der Waals surface area contributed by atoms with Crippen molar-refractivity contribution < 1.29 is 4.79 Å². The molecule has 2 aromatic rings. The van der Waals surface area contributed by atoms with Gasteiger partial charge in [-0.2, -0.15) is 0 Å². The number of hydrogen-bond donors (Lipinski definition) is 1. The highest BCUT2D eigenvalue weighted by molar-refractivity contribution is 9.10. The summed E-state index contributed by atoms with van der Waals surface area (Å²) in [7, 11) is 1.99. The molecule has 0 aliphatic rings. The summed E-state index contributed by atoms with van der Waals surface area (Å²) in [5, 5.41) is 3.32. The Morgan fingerprint density at radius 2 is 1.95 bits per heavy atom. The van der Waals surface area contributed by atoms with Gasteiger partial charge < -0.3 is 10.2 Å². The number of likely N-dealkylation sites (N-methyl/N-ethyl adjacent to an activating group) is 1. The zero-order valence-corrected chi connectivity index (χ0v) is 14.0. The van der Waals surface area contributed by atoms with Crippen molar-refractivity contribution in [3.63, 3.8) is 0 Å². The van der Waals surface area contributed by atoms with Crippen LogP contribution in [-0.2, 0) is 0 Å². The predicted molar refractivity (Wildman–Crippen MR) is 91.2 cm³/mol. The molecule has 0 aliphatic carbocycles. The molecule has 0 atom stereocenters. The van der Waals surface area contributed by atoms with Gasteiger partial charge in [0, 0.05) is 30.3 Å². The van der Waals surface area contributed by atoms with Crippen LogP contribution in [0.2, 0.25) is 5.02 Å². The number of nitrogens with zero attached hydrogens (tertiary/aromatic N) is 1. The van der Waals surface area contributed by atoms with Crippen LogP contribution in [0.25, 0.3) is 0 Å². The Morgan fingerprint density at radius 3 is 2.62 bits per heavy atom. The van der Waals surface area contributed by atoms with Crippen molar-refractivity contribution in [2.75, 3.05) is 25.0 Å². The molecule has 5 heteroatoms. The first-order chi connectivity index (χ1) is 10.1. The number of hydrogen-bond acceptors (Lipinski definition) is 2. The van der Waals surface area contributed by atoms with Gasteiger partial charge in [0.2, 0.25) is 0 Å². The van der Waals surface area contributed by atoms with Crippen LogP contribution in [0.1, 0.15) is 10.4 Å². The van der Waals surface area contributed by atoms with Crippen LogP contribution < -0.4 is 10.2 Å². The molecule has 0 unspecified atom stereocenters. The fourth-order valence-corrected chi connectivity index (χ4v) is 2.68. The molecule has 2 aromatic carbocycles. The first-order valence-corrected chi connectivity index (χ1v) is 7.74. The number of halogens is 2. The van der Waals surface area contributed by atoms with E-state index in [9.17, 15) is 4.79 Å². The second-order valence-corrected chi connectivity index (χ2v) is 5.96. The number of rotatable bonds is 5. The van der Waals surface area contributed by atoms with Gasteiger partial charge >= 0.3 is 0 Å². The average Bonchev–Trinajstić information content (AvgIpc) is 2.47. The van der Waals surface area contributed by atoms with Gasteiger partial charge in [0.25, 0.3) is 5.91 Å². The van der Waals surface area contributed by atoms with E-state index in [4.69, 9.17) is 11.6 Å². The smallest absolute Gasteiger partial charge is 0.252 e. The molecule has 0 heterocycles. The highest BCUT2D eigenvalue weighted by Crippen LogP contribution is 2.21. The van der Waals surface area contributed by atoms with Crippen molar-refractivity contribution in [1.29, 1.82) is 0 Å². The summed E-state index contributed by atoms with van der Waals surface area (Å²) in [5.74, 6) is -0.158. The Labute approximate surface area is 138 Å². The molecule has 1 amide bonds. The Hall–Kier alpha value is -1.52. The summed E-state index contributed by atoms with van der Waals surface area (Å²) in [4.78, 5) is 14.2. The molecular weight excluding hydrogens is 352 g/mol. The Bertz CT molecular complexity index is 619. The third kappa shape index (κ3) is 4.48. The van der Waals surface area contributed by atoms with Crippen LogP contribution in [-0.4, -0.2) is 26.0 Å². The van der Waals surface area contributed by atoms with E-state index in [1.807, 2.05) is 37.4 Å². The lowest BCUT2D eigenvalue weighted by Crippen LogP contribution is -2.33. The lowest BCUT2D eigenvalue weighted by molar-refractivity contribution is 0.0955. The highest BCUT2D eigenvalue weighted by atomic mass is 79.9. The van der Waals surface area contributed by atoms with E-state index in [1.54, 1.807) is 18.2 Å². The van der Waals surface area contributed by atoms with Gasteiger partial charge in [-0.05, 0) is 30.3 Å². The SMILES string of the molecule is CN(CCNC(=O)c1ccc(Br)cc1Cl)c1ccccc1. The van der Waals surface area contributed by atoms with Gasteiger partial charge in [-0.1, -0.05) is 45.7 Å². The van der Waals surface area contributed by atoms with Crippen LogP contribution in [0.5, 0.6) is 0 Å². The van der Waals surface area contributed by atoms with E-state index in [0.717, 1.165) is 16.7 Å². The second-order valence-electron chi connectivity index (χ2n) is 4.64.